The highest BCUT2D eigenvalue weighted by Gasteiger charge is 2.15. The summed E-state index contributed by atoms with van der Waals surface area (Å²) < 4.78 is 26.0. The fourth-order valence-corrected chi connectivity index (χ4v) is 2.80. The van der Waals surface area contributed by atoms with E-state index in [-0.39, 0.29) is 9.85 Å². The summed E-state index contributed by atoms with van der Waals surface area (Å²) in [6.07, 6.45) is 5.47. The maximum absolute atomic E-state index is 13.1. The molecule has 0 N–H and O–H groups in total. The molecule has 0 aliphatic rings. The molecular weight excluding hydrogens is 309 g/mol. The fourth-order valence-electron chi connectivity index (χ4n) is 1.68. The molecule has 17 heavy (non-hydrogen) atoms. The Morgan fingerprint density at radius 2 is 1.82 bits per heavy atom. The first-order chi connectivity index (χ1) is 8.06. The molecule has 0 spiro atoms. The van der Waals surface area contributed by atoms with Gasteiger partial charge in [-0.1, -0.05) is 60.1 Å². The van der Waals surface area contributed by atoms with Crippen LogP contribution in [0, 0.1) is 11.6 Å². The quantitative estimate of drug-likeness (QED) is 0.340. The molecule has 0 saturated carbocycles. The highest BCUT2D eigenvalue weighted by Crippen LogP contribution is 2.34. The van der Waals surface area contributed by atoms with Gasteiger partial charge in [0.15, 0.2) is 11.6 Å². The second-order valence-electron chi connectivity index (χ2n) is 4.10. The molecule has 0 saturated heterocycles. The second-order valence-corrected chi connectivity index (χ2v) is 5.62. The van der Waals surface area contributed by atoms with E-state index >= 15 is 0 Å². The van der Waals surface area contributed by atoms with Gasteiger partial charge in [0.2, 0.25) is 0 Å². The average molecular weight is 326 g/mol. The van der Waals surface area contributed by atoms with Gasteiger partial charge in [-0.3, -0.25) is 0 Å². The van der Waals surface area contributed by atoms with Gasteiger partial charge in [-0.2, -0.15) is 0 Å². The van der Waals surface area contributed by atoms with Gasteiger partial charge >= 0.3 is 0 Å². The first-order valence-electron chi connectivity index (χ1n) is 5.84. The summed E-state index contributed by atoms with van der Waals surface area (Å²) in [4.78, 5) is -0.0121. The smallest absolute Gasteiger partial charge is 0.160 e. The zero-order valence-electron chi connectivity index (χ0n) is 9.78. The highest BCUT2D eigenvalue weighted by atomic mass is 79.9. The molecule has 0 aromatic heterocycles. The summed E-state index contributed by atoms with van der Waals surface area (Å²) in [5.74, 6) is -1.74. The molecule has 1 atom stereocenters. The van der Waals surface area contributed by atoms with Gasteiger partial charge in [0, 0.05) is 9.85 Å². The number of hydrogen-bond acceptors (Lipinski definition) is 0. The van der Waals surface area contributed by atoms with E-state index < -0.39 is 11.6 Å². The van der Waals surface area contributed by atoms with E-state index in [1.807, 2.05) is 0 Å². The SMILES string of the molecule is CCCCCCC(Br)c1cc(F)c(F)cc1Cl. The van der Waals surface area contributed by atoms with Crippen molar-refractivity contribution in [2.45, 2.75) is 43.9 Å². The fraction of sp³-hybridized carbons (Fsp3) is 0.538. The zero-order valence-corrected chi connectivity index (χ0v) is 12.1. The van der Waals surface area contributed by atoms with Crippen LogP contribution in [0.3, 0.4) is 0 Å². The Kier molecular flexibility index (Phi) is 6.42. The minimum Gasteiger partial charge on any atom is -0.204 e. The van der Waals surface area contributed by atoms with E-state index in [2.05, 4.69) is 22.9 Å². The first kappa shape index (κ1) is 14.9. The van der Waals surface area contributed by atoms with Crippen molar-refractivity contribution in [1.29, 1.82) is 0 Å². The number of alkyl halides is 1. The Morgan fingerprint density at radius 3 is 2.47 bits per heavy atom. The van der Waals surface area contributed by atoms with Gasteiger partial charge in [0.05, 0.1) is 0 Å². The van der Waals surface area contributed by atoms with Crippen LogP contribution in [0.1, 0.15) is 49.4 Å². The Bertz CT molecular complexity index is 369. The number of halogens is 4. The lowest BCUT2D eigenvalue weighted by molar-refractivity contribution is 0.506. The van der Waals surface area contributed by atoms with Gasteiger partial charge in [-0.15, -0.1) is 0 Å². The van der Waals surface area contributed by atoms with Gasteiger partial charge in [0.1, 0.15) is 0 Å². The number of unbranched alkanes of at least 4 members (excludes halogenated alkanes) is 3. The monoisotopic (exact) mass is 324 g/mol. The minimum absolute atomic E-state index is 0.0121. The largest absolute Gasteiger partial charge is 0.204 e. The molecule has 0 heterocycles. The van der Waals surface area contributed by atoms with Crippen LogP contribution in [0.4, 0.5) is 8.78 Å². The lowest BCUT2D eigenvalue weighted by Gasteiger charge is -2.12. The maximum Gasteiger partial charge on any atom is 0.160 e. The third-order valence-electron chi connectivity index (χ3n) is 2.69. The number of hydrogen-bond donors (Lipinski definition) is 0. The van der Waals surface area contributed by atoms with Crippen molar-refractivity contribution in [1.82, 2.24) is 0 Å². The average Bonchev–Trinajstić information content (AvgIpc) is 2.29. The zero-order chi connectivity index (χ0) is 12.8. The molecule has 1 unspecified atom stereocenters. The molecule has 0 aliphatic heterocycles. The normalized spacial score (nSPS) is 12.8. The van der Waals surface area contributed by atoms with Gasteiger partial charge in [-0.05, 0) is 24.1 Å². The summed E-state index contributed by atoms with van der Waals surface area (Å²) in [5, 5.41) is 0.279. The van der Waals surface area contributed by atoms with Gasteiger partial charge < -0.3 is 0 Å². The Balaban J connectivity index is 2.62. The predicted octanol–water partition coefficient (Wildman–Crippen LogP) is 6.02. The van der Waals surface area contributed by atoms with E-state index in [1.165, 1.54) is 18.9 Å². The molecule has 0 amide bonds. The molecule has 1 aromatic carbocycles. The van der Waals surface area contributed by atoms with E-state index in [4.69, 9.17) is 11.6 Å². The third kappa shape index (κ3) is 4.55. The van der Waals surface area contributed by atoms with E-state index in [0.29, 0.717) is 5.56 Å². The molecule has 0 nitrogen and oxygen atoms in total. The second kappa shape index (κ2) is 7.32. The molecule has 0 fully saturated rings. The standard InChI is InChI=1S/C13H16BrClF2/c1-2-3-4-5-6-10(14)9-7-12(16)13(17)8-11(9)15/h7-8,10H,2-6H2,1H3. The lowest BCUT2D eigenvalue weighted by atomic mass is 10.1. The Hall–Kier alpha value is -0.150. The number of rotatable bonds is 6. The van der Waals surface area contributed by atoms with Crippen LogP contribution in [0.25, 0.3) is 0 Å². The maximum atomic E-state index is 13.1. The van der Waals surface area contributed by atoms with Crippen molar-refractivity contribution in [3.05, 3.63) is 34.4 Å². The first-order valence-corrected chi connectivity index (χ1v) is 7.14. The molecular formula is C13H16BrClF2. The minimum atomic E-state index is -0.899. The van der Waals surface area contributed by atoms with Crippen molar-refractivity contribution in [3.63, 3.8) is 0 Å². The molecule has 0 radical (unpaired) electrons. The summed E-state index contributed by atoms with van der Waals surface area (Å²) in [5.41, 5.74) is 0.627. The summed E-state index contributed by atoms with van der Waals surface area (Å²) in [6, 6.07) is 2.21. The molecule has 1 aromatic rings. The molecule has 96 valence electrons. The Morgan fingerprint density at radius 1 is 1.18 bits per heavy atom. The molecule has 1 rings (SSSR count). The van der Waals surface area contributed by atoms with Gasteiger partial charge in [-0.25, -0.2) is 8.78 Å². The van der Waals surface area contributed by atoms with Crippen LogP contribution in [-0.4, -0.2) is 0 Å². The van der Waals surface area contributed by atoms with Crippen LogP contribution >= 0.6 is 27.5 Å². The van der Waals surface area contributed by atoms with Crippen molar-refractivity contribution in [3.8, 4) is 0 Å². The summed E-state index contributed by atoms with van der Waals surface area (Å²) in [7, 11) is 0. The Labute approximate surface area is 114 Å². The van der Waals surface area contributed by atoms with Crippen molar-refractivity contribution >= 4 is 27.5 Å². The van der Waals surface area contributed by atoms with Crippen LogP contribution in [0.15, 0.2) is 12.1 Å². The molecule has 0 bridgehead atoms. The number of benzene rings is 1. The van der Waals surface area contributed by atoms with E-state index in [9.17, 15) is 8.78 Å². The van der Waals surface area contributed by atoms with Crippen molar-refractivity contribution in [2.75, 3.05) is 0 Å². The predicted molar refractivity (Wildman–Crippen MR) is 71.8 cm³/mol. The van der Waals surface area contributed by atoms with Crippen molar-refractivity contribution in [2.24, 2.45) is 0 Å². The van der Waals surface area contributed by atoms with Crippen LogP contribution in [0.2, 0.25) is 5.02 Å². The topological polar surface area (TPSA) is 0 Å². The summed E-state index contributed by atoms with van der Waals surface area (Å²) in [6.45, 7) is 2.15. The van der Waals surface area contributed by atoms with Gasteiger partial charge in [0.25, 0.3) is 0 Å². The van der Waals surface area contributed by atoms with Crippen LogP contribution < -0.4 is 0 Å². The third-order valence-corrected chi connectivity index (χ3v) is 3.97. The summed E-state index contributed by atoms with van der Waals surface area (Å²) >= 11 is 9.37. The van der Waals surface area contributed by atoms with Crippen molar-refractivity contribution < 1.29 is 8.78 Å². The lowest BCUT2D eigenvalue weighted by Crippen LogP contribution is -1.95. The van der Waals surface area contributed by atoms with E-state index in [1.54, 1.807) is 0 Å². The molecule has 0 aliphatic carbocycles. The van der Waals surface area contributed by atoms with Crippen LogP contribution in [0.5, 0.6) is 0 Å². The molecule has 4 heteroatoms. The van der Waals surface area contributed by atoms with E-state index in [0.717, 1.165) is 25.3 Å². The highest BCUT2D eigenvalue weighted by molar-refractivity contribution is 9.09. The van der Waals surface area contributed by atoms with Crippen LogP contribution in [-0.2, 0) is 0 Å².